The zero-order valence-electron chi connectivity index (χ0n) is 11.8. The maximum atomic E-state index is 3.26. The van der Waals surface area contributed by atoms with E-state index in [0.29, 0.717) is 6.04 Å². The van der Waals surface area contributed by atoms with Crippen molar-refractivity contribution in [3.8, 4) is 0 Å². The second kappa shape index (κ2) is 5.93. The predicted molar refractivity (Wildman–Crippen MR) is 85.1 cm³/mol. The highest BCUT2D eigenvalue weighted by Crippen LogP contribution is 2.27. The van der Waals surface area contributed by atoms with Crippen LogP contribution in [0.5, 0.6) is 0 Å². The predicted octanol–water partition coefficient (Wildman–Crippen LogP) is 3.84. The van der Waals surface area contributed by atoms with Crippen molar-refractivity contribution in [3.63, 3.8) is 0 Å². The fraction of sp³-hybridized carbons (Fsp3) is 0.222. The van der Waals surface area contributed by atoms with Gasteiger partial charge in [0.05, 0.1) is 6.04 Å². The van der Waals surface area contributed by atoms with Gasteiger partial charge in [0.25, 0.3) is 0 Å². The zero-order chi connectivity index (χ0) is 13.8. The van der Waals surface area contributed by atoms with Crippen molar-refractivity contribution in [3.05, 3.63) is 72.4 Å². The van der Waals surface area contributed by atoms with E-state index in [1.165, 1.54) is 16.5 Å². The molecule has 0 spiro atoms. The van der Waals surface area contributed by atoms with Crippen LogP contribution >= 0.6 is 0 Å². The summed E-state index contributed by atoms with van der Waals surface area (Å²) in [5.41, 5.74) is 2.67. The lowest BCUT2D eigenvalue weighted by Gasteiger charge is -2.21. The molecular weight excluding hydrogens is 244 g/mol. The first-order valence-electron chi connectivity index (χ1n) is 7.15. The number of hydrogen-bond donors (Lipinski definition) is 1. The lowest BCUT2D eigenvalue weighted by atomic mass is 10.0. The molecule has 1 atom stereocenters. The molecule has 2 heteroatoms. The summed E-state index contributed by atoms with van der Waals surface area (Å²) < 4.78 is 2.39. The van der Waals surface area contributed by atoms with Gasteiger partial charge in [-0.25, -0.2) is 0 Å². The monoisotopic (exact) mass is 264 g/mol. The summed E-state index contributed by atoms with van der Waals surface area (Å²) in [5, 5.41) is 4.57. The van der Waals surface area contributed by atoms with Crippen molar-refractivity contribution in [1.29, 1.82) is 0 Å². The van der Waals surface area contributed by atoms with Gasteiger partial charge in [0.2, 0.25) is 0 Å². The molecule has 0 radical (unpaired) electrons. The average molecular weight is 264 g/mol. The first-order valence-corrected chi connectivity index (χ1v) is 7.15. The molecule has 0 saturated heterocycles. The third-order valence-corrected chi connectivity index (χ3v) is 3.82. The van der Waals surface area contributed by atoms with E-state index in [9.17, 15) is 0 Å². The van der Waals surface area contributed by atoms with Crippen molar-refractivity contribution in [2.75, 3.05) is 13.6 Å². The van der Waals surface area contributed by atoms with Crippen molar-refractivity contribution in [2.24, 2.45) is 0 Å². The number of aromatic nitrogens is 1. The molecule has 2 aromatic carbocycles. The van der Waals surface area contributed by atoms with E-state index in [2.05, 4.69) is 76.7 Å². The largest absolute Gasteiger partial charge is 0.340 e. The summed E-state index contributed by atoms with van der Waals surface area (Å²) in [7, 11) is 2.01. The van der Waals surface area contributed by atoms with E-state index in [0.717, 1.165) is 13.0 Å². The molecule has 0 amide bonds. The number of rotatable bonds is 5. The van der Waals surface area contributed by atoms with Gasteiger partial charge >= 0.3 is 0 Å². The van der Waals surface area contributed by atoms with Crippen molar-refractivity contribution >= 4 is 10.9 Å². The van der Waals surface area contributed by atoms with Gasteiger partial charge in [0.1, 0.15) is 0 Å². The molecule has 0 unspecified atom stereocenters. The minimum atomic E-state index is 0.378. The van der Waals surface area contributed by atoms with E-state index < -0.39 is 0 Å². The van der Waals surface area contributed by atoms with Gasteiger partial charge in [-0.15, -0.1) is 0 Å². The second-order valence-corrected chi connectivity index (χ2v) is 5.10. The minimum Gasteiger partial charge on any atom is -0.340 e. The third-order valence-electron chi connectivity index (χ3n) is 3.82. The third kappa shape index (κ3) is 2.47. The molecule has 3 rings (SSSR count). The molecule has 0 aliphatic carbocycles. The molecule has 20 heavy (non-hydrogen) atoms. The van der Waals surface area contributed by atoms with E-state index >= 15 is 0 Å². The zero-order valence-corrected chi connectivity index (χ0v) is 11.8. The van der Waals surface area contributed by atoms with Gasteiger partial charge in [-0.1, -0.05) is 48.5 Å². The van der Waals surface area contributed by atoms with Crippen LogP contribution in [0.15, 0.2) is 66.9 Å². The van der Waals surface area contributed by atoms with Gasteiger partial charge in [-0.2, -0.15) is 0 Å². The molecule has 102 valence electrons. The Bertz CT molecular complexity index is 670. The van der Waals surface area contributed by atoms with Crippen LogP contribution in [-0.4, -0.2) is 18.2 Å². The Morgan fingerprint density at radius 2 is 1.70 bits per heavy atom. The first-order chi connectivity index (χ1) is 9.90. The first kappa shape index (κ1) is 12.9. The topological polar surface area (TPSA) is 17.0 Å². The number of nitrogens with zero attached hydrogens (tertiary/aromatic N) is 1. The Morgan fingerprint density at radius 1 is 0.950 bits per heavy atom. The molecule has 0 fully saturated rings. The molecule has 0 aliphatic rings. The van der Waals surface area contributed by atoms with Gasteiger partial charge in [-0.05, 0) is 43.1 Å². The number of benzene rings is 2. The minimum absolute atomic E-state index is 0.378. The van der Waals surface area contributed by atoms with Gasteiger partial charge < -0.3 is 9.88 Å². The highest BCUT2D eigenvalue weighted by molar-refractivity contribution is 5.80. The Hall–Kier alpha value is -2.06. The number of para-hydroxylation sites is 1. The van der Waals surface area contributed by atoms with Crippen LogP contribution in [0.2, 0.25) is 0 Å². The summed E-state index contributed by atoms with van der Waals surface area (Å²) in [6.45, 7) is 1.01. The van der Waals surface area contributed by atoms with Gasteiger partial charge in [-0.3, -0.25) is 0 Å². The van der Waals surface area contributed by atoms with E-state index in [1.54, 1.807) is 0 Å². The number of nitrogens with one attached hydrogen (secondary N) is 1. The molecule has 0 bridgehead atoms. The Kier molecular flexibility index (Phi) is 3.84. The van der Waals surface area contributed by atoms with Crippen LogP contribution in [-0.2, 0) is 0 Å². The average Bonchev–Trinajstić information content (AvgIpc) is 2.93. The Morgan fingerprint density at radius 3 is 2.50 bits per heavy atom. The molecule has 0 saturated carbocycles. The molecule has 1 aromatic heterocycles. The fourth-order valence-electron chi connectivity index (χ4n) is 2.80. The molecule has 1 heterocycles. The van der Waals surface area contributed by atoms with Gasteiger partial charge in [0.15, 0.2) is 0 Å². The quantitative estimate of drug-likeness (QED) is 0.741. The highest BCUT2D eigenvalue weighted by Gasteiger charge is 2.14. The van der Waals surface area contributed by atoms with Crippen LogP contribution in [0.3, 0.4) is 0 Å². The van der Waals surface area contributed by atoms with Crippen LogP contribution < -0.4 is 5.32 Å². The SMILES string of the molecule is CNCC[C@@H](c1ccccc1)n1ccc2ccccc21. The number of hydrogen-bond acceptors (Lipinski definition) is 1. The molecule has 3 aromatic rings. The maximum absolute atomic E-state index is 3.26. The molecule has 2 nitrogen and oxygen atoms in total. The summed E-state index contributed by atoms with van der Waals surface area (Å²) in [4.78, 5) is 0. The Balaban J connectivity index is 2.05. The maximum Gasteiger partial charge on any atom is 0.0598 e. The highest BCUT2D eigenvalue weighted by atomic mass is 15.0. The van der Waals surface area contributed by atoms with Crippen LogP contribution in [0.25, 0.3) is 10.9 Å². The summed E-state index contributed by atoms with van der Waals surface area (Å²) in [5.74, 6) is 0. The molecule has 0 aliphatic heterocycles. The molecular formula is C18H20N2. The van der Waals surface area contributed by atoms with Gasteiger partial charge in [0, 0.05) is 11.7 Å². The smallest absolute Gasteiger partial charge is 0.0598 e. The summed E-state index contributed by atoms with van der Waals surface area (Å²) in [6, 6.07) is 21.9. The van der Waals surface area contributed by atoms with E-state index in [-0.39, 0.29) is 0 Å². The summed E-state index contributed by atoms with van der Waals surface area (Å²) >= 11 is 0. The molecule has 1 N–H and O–H groups in total. The van der Waals surface area contributed by atoms with Crippen molar-refractivity contribution in [2.45, 2.75) is 12.5 Å². The second-order valence-electron chi connectivity index (χ2n) is 5.10. The van der Waals surface area contributed by atoms with Crippen LogP contribution in [0, 0.1) is 0 Å². The lowest BCUT2D eigenvalue weighted by molar-refractivity contribution is 0.539. The fourth-order valence-corrected chi connectivity index (χ4v) is 2.80. The summed E-state index contributed by atoms with van der Waals surface area (Å²) in [6.07, 6.45) is 3.29. The van der Waals surface area contributed by atoms with Crippen LogP contribution in [0.4, 0.5) is 0 Å². The van der Waals surface area contributed by atoms with Crippen molar-refractivity contribution < 1.29 is 0 Å². The van der Waals surface area contributed by atoms with Crippen LogP contribution in [0.1, 0.15) is 18.0 Å². The lowest BCUT2D eigenvalue weighted by Crippen LogP contribution is -2.17. The number of fused-ring (bicyclic) bond motifs is 1. The normalized spacial score (nSPS) is 12.7. The van der Waals surface area contributed by atoms with Crippen molar-refractivity contribution in [1.82, 2.24) is 9.88 Å². The van der Waals surface area contributed by atoms with E-state index in [4.69, 9.17) is 0 Å². The van der Waals surface area contributed by atoms with E-state index in [1.807, 2.05) is 7.05 Å². The Labute approximate surface area is 120 Å². The standard InChI is InChI=1S/C18H20N2/c1-19-13-11-18(15-7-3-2-4-8-15)20-14-12-16-9-5-6-10-17(16)20/h2-10,12,14,18-19H,11,13H2,1H3/t18-/m0/s1.